The van der Waals surface area contributed by atoms with Gasteiger partial charge >= 0.3 is 6.18 Å². The second-order valence-electron chi connectivity index (χ2n) is 7.11. The number of anilines is 1. The van der Waals surface area contributed by atoms with Crippen molar-refractivity contribution in [1.82, 2.24) is 0 Å². The van der Waals surface area contributed by atoms with Gasteiger partial charge in [-0.2, -0.15) is 18.4 Å². The van der Waals surface area contributed by atoms with Crippen molar-refractivity contribution in [3.8, 4) is 17.6 Å². The Bertz CT molecular complexity index is 1300. The Morgan fingerprint density at radius 2 is 1.89 bits per heavy atom. The number of nitriles is 1. The summed E-state index contributed by atoms with van der Waals surface area (Å²) in [6, 6.07) is 16.6. The van der Waals surface area contributed by atoms with Crippen molar-refractivity contribution in [2.75, 3.05) is 12.4 Å². The predicted octanol–water partition coefficient (Wildman–Crippen LogP) is 7.25. The molecule has 0 aliphatic rings. The van der Waals surface area contributed by atoms with E-state index in [0.29, 0.717) is 17.4 Å². The van der Waals surface area contributed by atoms with Gasteiger partial charge in [-0.15, -0.1) is 0 Å². The van der Waals surface area contributed by atoms with E-state index in [1.54, 1.807) is 24.3 Å². The number of rotatable bonds is 7. The van der Waals surface area contributed by atoms with E-state index in [1.165, 1.54) is 13.2 Å². The molecule has 0 aromatic heterocycles. The molecule has 180 valence electrons. The van der Waals surface area contributed by atoms with Crippen molar-refractivity contribution < 1.29 is 27.4 Å². The third-order valence-electron chi connectivity index (χ3n) is 4.73. The third-order valence-corrected chi connectivity index (χ3v) is 5.59. The Balaban J connectivity index is 1.90. The molecule has 3 aromatic rings. The van der Waals surface area contributed by atoms with Crippen LogP contribution in [0.1, 0.15) is 16.7 Å². The van der Waals surface area contributed by atoms with Crippen molar-refractivity contribution in [2.24, 2.45) is 0 Å². The molecule has 3 aromatic carbocycles. The zero-order valence-corrected chi connectivity index (χ0v) is 20.5. The number of hydrogen-bond donors (Lipinski definition) is 1. The third kappa shape index (κ3) is 6.78. The summed E-state index contributed by atoms with van der Waals surface area (Å²) in [7, 11) is 1.45. The van der Waals surface area contributed by atoms with Gasteiger partial charge in [0.2, 0.25) is 0 Å². The molecule has 0 spiro atoms. The lowest BCUT2D eigenvalue weighted by atomic mass is 10.1. The van der Waals surface area contributed by atoms with Gasteiger partial charge in [0.15, 0.2) is 11.5 Å². The van der Waals surface area contributed by atoms with Crippen LogP contribution in [0.15, 0.2) is 70.7 Å². The summed E-state index contributed by atoms with van der Waals surface area (Å²) in [4.78, 5) is 12.7. The van der Waals surface area contributed by atoms with Gasteiger partial charge in [0.1, 0.15) is 18.2 Å². The highest BCUT2D eigenvalue weighted by Gasteiger charge is 2.31. The second-order valence-corrected chi connectivity index (χ2v) is 8.43. The van der Waals surface area contributed by atoms with Crippen LogP contribution in [0.2, 0.25) is 5.02 Å². The molecular weight excluding hydrogens is 549 g/mol. The fraction of sp³-hybridized carbons (Fsp3) is 0.120. The fourth-order valence-electron chi connectivity index (χ4n) is 2.99. The molecule has 0 unspecified atom stereocenters. The van der Waals surface area contributed by atoms with E-state index in [9.17, 15) is 23.2 Å². The van der Waals surface area contributed by atoms with Gasteiger partial charge in [-0.25, -0.2) is 0 Å². The summed E-state index contributed by atoms with van der Waals surface area (Å²) in [6.45, 7) is 0.183. The van der Waals surface area contributed by atoms with Crippen LogP contribution >= 0.6 is 27.5 Å². The molecule has 3 rings (SSSR count). The molecular formula is C25H17BrClF3N2O3. The Labute approximate surface area is 212 Å². The highest BCUT2D eigenvalue weighted by Crippen LogP contribution is 2.35. The summed E-state index contributed by atoms with van der Waals surface area (Å²) < 4.78 is 51.3. The van der Waals surface area contributed by atoms with Crippen LogP contribution in [0.5, 0.6) is 11.5 Å². The maximum Gasteiger partial charge on any atom is 0.416 e. The Kier molecular flexibility index (Phi) is 8.43. The number of carbonyl (C=O) groups is 1. The van der Waals surface area contributed by atoms with Gasteiger partial charge in [0.25, 0.3) is 5.91 Å². The smallest absolute Gasteiger partial charge is 0.416 e. The Morgan fingerprint density at radius 3 is 2.51 bits per heavy atom. The first-order valence-electron chi connectivity index (χ1n) is 9.96. The molecule has 0 heterocycles. The molecule has 35 heavy (non-hydrogen) atoms. The van der Waals surface area contributed by atoms with E-state index in [1.807, 2.05) is 24.3 Å². The van der Waals surface area contributed by atoms with Gasteiger partial charge in [-0.3, -0.25) is 4.79 Å². The van der Waals surface area contributed by atoms with E-state index >= 15 is 0 Å². The van der Waals surface area contributed by atoms with Crippen LogP contribution in [0.3, 0.4) is 0 Å². The lowest BCUT2D eigenvalue weighted by Crippen LogP contribution is -2.15. The van der Waals surface area contributed by atoms with Crippen molar-refractivity contribution >= 4 is 45.2 Å². The van der Waals surface area contributed by atoms with Crippen molar-refractivity contribution in [3.63, 3.8) is 0 Å². The first-order valence-corrected chi connectivity index (χ1v) is 11.1. The average molecular weight is 566 g/mol. The molecule has 0 radical (unpaired) electrons. The van der Waals surface area contributed by atoms with Crippen LogP contribution in [0, 0.1) is 11.3 Å². The lowest BCUT2D eigenvalue weighted by Gasteiger charge is -2.14. The van der Waals surface area contributed by atoms with E-state index in [2.05, 4.69) is 21.2 Å². The maximum atomic E-state index is 13.0. The number of nitrogens with zero attached hydrogens (tertiary/aromatic N) is 1. The minimum absolute atomic E-state index is 0.108. The summed E-state index contributed by atoms with van der Waals surface area (Å²) >= 11 is 9.31. The molecule has 0 bridgehead atoms. The van der Waals surface area contributed by atoms with Crippen LogP contribution in [-0.4, -0.2) is 13.0 Å². The minimum atomic E-state index is -4.63. The molecule has 0 saturated carbocycles. The standard InChI is InChI=1S/C25H17BrClF3N2O3/c1-34-22-4-2-3-16(23(22)35-14-15-5-8-19(26)9-6-15)11-17(13-31)24(33)32-21-12-18(25(28,29)30)7-10-20(21)27/h2-12H,14H2,1H3,(H,32,33)/b17-11-. The number of halogens is 5. The number of benzene rings is 3. The van der Waals surface area contributed by atoms with Crippen molar-refractivity contribution in [1.29, 1.82) is 5.26 Å². The summed E-state index contributed by atoms with van der Waals surface area (Å²) in [5.41, 5.74) is -0.406. The summed E-state index contributed by atoms with van der Waals surface area (Å²) in [5.74, 6) is -0.277. The van der Waals surface area contributed by atoms with Gasteiger partial charge in [-0.1, -0.05) is 51.8 Å². The number of nitrogens with one attached hydrogen (secondary N) is 1. The molecule has 0 aliphatic carbocycles. The first-order chi connectivity index (χ1) is 16.6. The fourth-order valence-corrected chi connectivity index (χ4v) is 3.42. The van der Waals surface area contributed by atoms with Crippen LogP contribution in [0.25, 0.3) is 6.08 Å². The van der Waals surface area contributed by atoms with E-state index < -0.39 is 17.6 Å². The molecule has 1 N–H and O–H groups in total. The maximum absolute atomic E-state index is 13.0. The van der Waals surface area contributed by atoms with Gasteiger partial charge in [-0.05, 0) is 48.0 Å². The number of hydrogen-bond acceptors (Lipinski definition) is 4. The highest BCUT2D eigenvalue weighted by molar-refractivity contribution is 9.10. The Hall–Kier alpha value is -3.48. The first kappa shape index (κ1) is 26.1. The average Bonchev–Trinajstić information content (AvgIpc) is 2.82. The van der Waals surface area contributed by atoms with E-state index in [4.69, 9.17) is 21.1 Å². The quantitative estimate of drug-likeness (QED) is 0.242. The molecule has 10 heteroatoms. The molecule has 0 aliphatic heterocycles. The second kappa shape index (κ2) is 11.3. The number of para-hydroxylation sites is 1. The number of alkyl halides is 3. The van der Waals surface area contributed by atoms with Crippen LogP contribution in [0.4, 0.5) is 18.9 Å². The van der Waals surface area contributed by atoms with Gasteiger partial charge in [0.05, 0.1) is 23.4 Å². The lowest BCUT2D eigenvalue weighted by molar-refractivity contribution is -0.137. The molecule has 5 nitrogen and oxygen atoms in total. The number of amides is 1. The van der Waals surface area contributed by atoms with Crippen LogP contribution < -0.4 is 14.8 Å². The summed E-state index contributed by atoms with van der Waals surface area (Å²) in [5, 5.41) is 11.7. The number of carbonyl (C=O) groups excluding carboxylic acids is 1. The topological polar surface area (TPSA) is 71.3 Å². The number of methoxy groups -OCH3 is 1. The largest absolute Gasteiger partial charge is 0.493 e. The van der Waals surface area contributed by atoms with E-state index in [-0.39, 0.29) is 28.6 Å². The monoisotopic (exact) mass is 564 g/mol. The zero-order valence-electron chi connectivity index (χ0n) is 18.1. The highest BCUT2D eigenvalue weighted by atomic mass is 79.9. The number of ether oxygens (including phenoxy) is 2. The zero-order chi connectivity index (χ0) is 25.6. The predicted molar refractivity (Wildman–Crippen MR) is 130 cm³/mol. The van der Waals surface area contributed by atoms with Crippen molar-refractivity contribution in [2.45, 2.75) is 12.8 Å². The van der Waals surface area contributed by atoms with E-state index in [0.717, 1.165) is 22.2 Å². The molecule has 0 atom stereocenters. The Morgan fingerprint density at radius 1 is 1.17 bits per heavy atom. The SMILES string of the molecule is COc1cccc(/C=C(/C#N)C(=O)Nc2cc(C(F)(F)F)ccc2Cl)c1OCc1ccc(Br)cc1. The minimum Gasteiger partial charge on any atom is -0.493 e. The molecule has 1 amide bonds. The van der Waals surface area contributed by atoms with Gasteiger partial charge in [0, 0.05) is 10.0 Å². The molecule has 0 fully saturated rings. The summed E-state index contributed by atoms with van der Waals surface area (Å²) in [6.07, 6.45) is -3.37. The van der Waals surface area contributed by atoms with Crippen LogP contribution in [-0.2, 0) is 17.6 Å². The van der Waals surface area contributed by atoms with Crippen molar-refractivity contribution in [3.05, 3.63) is 92.4 Å². The molecule has 0 saturated heterocycles. The van der Waals surface area contributed by atoms with Gasteiger partial charge < -0.3 is 14.8 Å². The normalized spacial score (nSPS) is 11.5.